The monoisotopic (exact) mass is 436 g/mol. The summed E-state index contributed by atoms with van der Waals surface area (Å²) >= 11 is 0. The van der Waals surface area contributed by atoms with E-state index in [2.05, 4.69) is 5.32 Å². The van der Waals surface area contributed by atoms with E-state index in [1.165, 1.54) is 29.6 Å². The van der Waals surface area contributed by atoms with Gasteiger partial charge in [0.2, 0.25) is 0 Å². The number of carbonyl (C=O) groups excluding carboxylic acids is 1. The lowest BCUT2D eigenvalue weighted by Crippen LogP contribution is -2.28. The second kappa shape index (κ2) is 7.42. The van der Waals surface area contributed by atoms with Crippen LogP contribution in [0.15, 0.2) is 53.4 Å². The van der Waals surface area contributed by atoms with Crippen LogP contribution in [-0.4, -0.2) is 21.4 Å². The van der Waals surface area contributed by atoms with Crippen molar-refractivity contribution < 1.29 is 17.9 Å². The predicted molar refractivity (Wildman–Crippen MR) is 122 cm³/mol. The highest BCUT2D eigenvalue weighted by atomic mass is 32.2. The first-order valence-corrected chi connectivity index (χ1v) is 11.3. The number of anilines is 2. The Balaban J connectivity index is 1.76. The molecule has 0 aliphatic carbocycles. The molecule has 3 aromatic carbocycles. The maximum Gasteiger partial charge on any atom is 0.264 e. The minimum atomic E-state index is -3.90. The van der Waals surface area contributed by atoms with E-state index in [0.717, 1.165) is 22.3 Å². The number of nitrogens with one attached hydrogen (secondary N) is 1. The zero-order chi connectivity index (χ0) is 22.5. The number of hydrogen-bond acceptors (Lipinski definition) is 4. The first kappa shape index (κ1) is 20.9. The lowest BCUT2D eigenvalue weighted by atomic mass is 10.1. The molecule has 0 bridgehead atoms. The zero-order valence-electron chi connectivity index (χ0n) is 18.1. The molecule has 0 atom stereocenters. The Morgan fingerprint density at radius 3 is 2.16 bits per heavy atom. The highest BCUT2D eigenvalue weighted by molar-refractivity contribution is 7.92. The fourth-order valence-electron chi connectivity index (χ4n) is 4.02. The van der Waals surface area contributed by atoms with E-state index in [-0.39, 0.29) is 10.5 Å². The van der Waals surface area contributed by atoms with E-state index < -0.39 is 15.9 Å². The molecule has 0 unspecified atom stereocenters. The summed E-state index contributed by atoms with van der Waals surface area (Å²) < 4.78 is 34.0. The van der Waals surface area contributed by atoms with Gasteiger partial charge in [-0.15, -0.1) is 0 Å². The minimum Gasteiger partial charge on any atom is -0.454 e. The average molecular weight is 437 g/mol. The molecule has 0 radical (unpaired) electrons. The van der Waals surface area contributed by atoms with Crippen LogP contribution in [0.2, 0.25) is 0 Å². The Bertz CT molecular complexity index is 1310. The Hall–Kier alpha value is -3.32. The zero-order valence-corrected chi connectivity index (χ0v) is 18.9. The van der Waals surface area contributed by atoms with Gasteiger partial charge >= 0.3 is 0 Å². The normalized spacial score (nSPS) is 12.9. The van der Waals surface area contributed by atoms with Crippen LogP contribution in [-0.2, 0) is 10.0 Å². The molecule has 0 saturated carbocycles. The quantitative estimate of drug-likeness (QED) is 0.620. The third kappa shape index (κ3) is 3.65. The number of aryl methyl sites for hydroxylation is 4. The van der Waals surface area contributed by atoms with Gasteiger partial charge in [0.05, 0.1) is 21.8 Å². The number of fused-ring (bicyclic) bond motifs is 2. The minimum absolute atomic E-state index is 0.0222. The molecule has 160 valence electrons. The molecular weight excluding hydrogens is 412 g/mol. The van der Waals surface area contributed by atoms with Gasteiger partial charge in [0.25, 0.3) is 15.9 Å². The first-order chi connectivity index (χ1) is 14.6. The van der Waals surface area contributed by atoms with Gasteiger partial charge in [-0.1, -0.05) is 23.8 Å². The lowest BCUT2D eigenvalue weighted by molar-refractivity contribution is 0.102. The van der Waals surface area contributed by atoms with Crippen molar-refractivity contribution in [3.63, 3.8) is 0 Å². The van der Waals surface area contributed by atoms with Crippen LogP contribution in [0.25, 0.3) is 0 Å². The molecule has 0 fully saturated rings. The van der Waals surface area contributed by atoms with Gasteiger partial charge in [-0.05, 0) is 74.7 Å². The van der Waals surface area contributed by atoms with Crippen molar-refractivity contribution in [2.24, 2.45) is 0 Å². The van der Waals surface area contributed by atoms with Crippen LogP contribution < -0.4 is 14.4 Å². The number of sulfonamides is 1. The van der Waals surface area contributed by atoms with Crippen molar-refractivity contribution in [2.75, 3.05) is 16.7 Å². The van der Waals surface area contributed by atoms with Crippen molar-refractivity contribution in [1.82, 2.24) is 0 Å². The van der Waals surface area contributed by atoms with E-state index in [1.54, 1.807) is 6.07 Å². The third-order valence-electron chi connectivity index (χ3n) is 5.41. The Labute approximate surface area is 182 Å². The number of hydrogen-bond donors (Lipinski definition) is 1. The fourth-order valence-corrected chi connectivity index (χ4v) is 5.37. The van der Waals surface area contributed by atoms with Gasteiger partial charge in [-0.25, -0.2) is 8.42 Å². The third-order valence-corrected chi connectivity index (χ3v) is 7.16. The molecule has 1 N–H and O–H groups in total. The second-order valence-corrected chi connectivity index (χ2v) is 9.90. The van der Waals surface area contributed by atoms with Gasteiger partial charge in [0, 0.05) is 7.05 Å². The summed E-state index contributed by atoms with van der Waals surface area (Å²) in [6, 6.07) is 13.7. The first-order valence-electron chi connectivity index (χ1n) is 9.88. The number of nitrogens with zero attached hydrogens (tertiary/aromatic N) is 1. The van der Waals surface area contributed by atoms with Gasteiger partial charge in [0.1, 0.15) is 5.75 Å². The van der Waals surface area contributed by atoms with Crippen LogP contribution in [0.5, 0.6) is 11.5 Å². The maximum atomic E-state index is 13.4. The SMILES string of the molecule is Cc1cc(C)c(N(C)S(=O)(=O)c2ccc3c(c2)C(=O)Nc2cc(C)ccc2O3)c(C)c1. The number of amides is 1. The average Bonchev–Trinajstić information content (AvgIpc) is 2.82. The highest BCUT2D eigenvalue weighted by Crippen LogP contribution is 2.38. The van der Waals surface area contributed by atoms with Gasteiger partial charge in [-0.3, -0.25) is 9.10 Å². The highest BCUT2D eigenvalue weighted by Gasteiger charge is 2.28. The standard InChI is InChI=1S/C24H24N2O4S/c1-14-6-8-22-20(12-14)25-24(27)19-13-18(7-9-21(19)30-22)31(28,29)26(5)23-16(3)10-15(2)11-17(23)4/h6-13H,1-5H3,(H,25,27). The van der Waals surface area contributed by atoms with E-state index >= 15 is 0 Å². The Morgan fingerprint density at radius 2 is 1.48 bits per heavy atom. The van der Waals surface area contributed by atoms with Gasteiger partial charge < -0.3 is 10.1 Å². The lowest BCUT2D eigenvalue weighted by Gasteiger charge is -2.24. The van der Waals surface area contributed by atoms with Crippen LogP contribution in [0, 0.1) is 27.7 Å². The molecule has 0 saturated heterocycles. The topological polar surface area (TPSA) is 75.7 Å². The van der Waals surface area contributed by atoms with E-state index in [1.807, 2.05) is 52.0 Å². The summed E-state index contributed by atoms with van der Waals surface area (Å²) in [7, 11) is -2.37. The van der Waals surface area contributed by atoms with Crippen LogP contribution in [0.4, 0.5) is 11.4 Å². The second-order valence-electron chi connectivity index (χ2n) is 7.93. The maximum absolute atomic E-state index is 13.4. The molecule has 7 heteroatoms. The molecule has 0 spiro atoms. The Kier molecular flexibility index (Phi) is 5.01. The van der Waals surface area contributed by atoms with Crippen molar-refractivity contribution in [3.8, 4) is 11.5 Å². The number of carbonyl (C=O) groups is 1. The van der Waals surface area contributed by atoms with Crippen LogP contribution in [0.3, 0.4) is 0 Å². The summed E-state index contributed by atoms with van der Waals surface area (Å²) in [6.07, 6.45) is 0. The number of benzene rings is 3. The molecule has 1 heterocycles. The Morgan fingerprint density at radius 1 is 0.839 bits per heavy atom. The van der Waals surface area contributed by atoms with Crippen molar-refractivity contribution in [3.05, 3.63) is 76.3 Å². The molecule has 1 aliphatic heterocycles. The molecule has 3 aromatic rings. The number of rotatable bonds is 3. The van der Waals surface area contributed by atoms with Crippen molar-refractivity contribution in [2.45, 2.75) is 32.6 Å². The van der Waals surface area contributed by atoms with E-state index in [0.29, 0.717) is 22.9 Å². The summed E-state index contributed by atoms with van der Waals surface area (Å²) in [4.78, 5) is 12.9. The van der Waals surface area contributed by atoms with Crippen molar-refractivity contribution in [1.29, 1.82) is 0 Å². The summed E-state index contributed by atoms with van der Waals surface area (Å²) in [5.74, 6) is 0.405. The van der Waals surface area contributed by atoms with Gasteiger partial charge in [0.15, 0.2) is 5.75 Å². The molecule has 31 heavy (non-hydrogen) atoms. The van der Waals surface area contributed by atoms with Gasteiger partial charge in [-0.2, -0.15) is 0 Å². The molecule has 1 aliphatic rings. The molecular formula is C24H24N2O4S. The molecule has 6 nitrogen and oxygen atoms in total. The smallest absolute Gasteiger partial charge is 0.264 e. The summed E-state index contributed by atoms with van der Waals surface area (Å²) in [6.45, 7) is 7.67. The summed E-state index contributed by atoms with van der Waals surface area (Å²) in [5, 5.41) is 2.81. The van der Waals surface area contributed by atoms with Crippen LogP contribution in [0.1, 0.15) is 32.6 Å². The van der Waals surface area contributed by atoms with E-state index in [9.17, 15) is 13.2 Å². The fraction of sp³-hybridized carbons (Fsp3) is 0.208. The van der Waals surface area contributed by atoms with Crippen LogP contribution >= 0.6 is 0 Å². The molecule has 0 aromatic heterocycles. The van der Waals surface area contributed by atoms with Crippen molar-refractivity contribution >= 4 is 27.3 Å². The largest absolute Gasteiger partial charge is 0.454 e. The molecule has 1 amide bonds. The van der Waals surface area contributed by atoms with E-state index in [4.69, 9.17) is 4.74 Å². The molecule has 4 rings (SSSR count). The predicted octanol–water partition coefficient (Wildman–Crippen LogP) is 5.10. The summed E-state index contributed by atoms with van der Waals surface area (Å²) in [5.41, 5.74) is 5.12. The number of ether oxygens (including phenoxy) is 1.